The van der Waals surface area contributed by atoms with Crippen LogP contribution in [0.3, 0.4) is 0 Å². The molecule has 0 bridgehead atoms. The molecule has 0 aromatic carbocycles. The molecular formula is C14H12ClN3S. The van der Waals surface area contributed by atoms with Crippen LogP contribution < -0.4 is 0 Å². The number of aromatic nitrogens is 3. The first-order valence-corrected chi connectivity index (χ1v) is 7.62. The molecule has 3 nitrogen and oxygen atoms in total. The first kappa shape index (κ1) is 11.4. The van der Waals surface area contributed by atoms with Gasteiger partial charge < -0.3 is 0 Å². The third-order valence-corrected chi connectivity index (χ3v) is 4.94. The number of thiophene rings is 1. The Kier molecular flexibility index (Phi) is 2.44. The van der Waals surface area contributed by atoms with E-state index in [1.807, 2.05) is 6.92 Å². The number of halogens is 1. The molecule has 0 saturated carbocycles. The van der Waals surface area contributed by atoms with Gasteiger partial charge in [-0.05, 0) is 37.6 Å². The maximum absolute atomic E-state index is 6.50. The summed E-state index contributed by atoms with van der Waals surface area (Å²) in [4.78, 5) is 6.02. The van der Waals surface area contributed by atoms with Crippen molar-refractivity contribution in [2.24, 2.45) is 0 Å². The molecule has 1 aliphatic rings. The summed E-state index contributed by atoms with van der Waals surface area (Å²) in [5.41, 5.74) is 5.32. The van der Waals surface area contributed by atoms with Crippen molar-refractivity contribution in [3.05, 3.63) is 39.6 Å². The first-order chi connectivity index (χ1) is 9.25. The highest BCUT2D eigenvalue weighted by molar-refractivity contribution is 7.13. The maximum Gasteiger partial charge on any atom is 0.165 e. The molecule has 0 atom stereocenters. The minimum atomic E-state index is 0.739. The molecule has 3 aromatic heterocycles. The van der Waals surface area contributed by atoms with E-state index in [1.54, 1.807) is 15.9 Å². The number of hydrogen-bond acceptors (Lipinski definition) is 3. The smallest absolute Gasteiger partial charge is 0.165 e. The third kappa shape index (κ3) is 1.56. The van der Waals surface area contributed by atoms with Gasteiger partial charge in [-0.25, -0.2) is 9.50 Å². The lowest BCUT2D eigenvalue weighted by Crippen LogP contribution is -1.99. The van der Waals surface area contributed by atoms with Crippen molar-refractivity contribution >= 4 is 28.6 Å². The Morgan fingerprint density at radius 3 is 3.05 bits per heavy atom. The summed E-state index contributed by atoms with van der Waals surface area (Å²) >= 11 is 8.21. The molecule has 1 aliphatic carbocycles. The molecule has 0 radical (unpaired) electrons. The molecule has 4 rings (SSSR count). The highest BCUT2D eigenvalue weighted by Crippen LogP contribution is 2.35. The van der Waals surface area contributed by atoms with Gasteiger partial charge in [-0.3, -0.25) is 0 Å². The number of rotatable bonds is 1. The van der Waals surface area contributed by atoms with Gasteiger partial charge in [-0.15, -0.1) is 11.3 Å². The van der Waals surface area contributed by atoms with Crippen LogP contribution in [0, 0.1) is 6.92 Å². The van der Waals surface area contributed by atoms with E-state index in [0.717, 1.165) is 47.0 Å². The molecule has 0 N–H and O–H groups in total. The molecule has 3 aromatic rings. The van der Waals surface area contributed by atoms with Crippen LogP contribution >= 0.6 is 22.9 Å². The zero-order valence-electron chi connectivity index (χ0n) is 10.5. The molecule has 0 amide bonds. The molecule has 0 aliphatic heterocycles. The van der Waals surface area contributed by atoms with Gasteiger partial charge >= 0.3 is 0 Å². The van der Waals surface area contributed by atoms with Gasteiger partial charge in [0, 0.05) is 16.1 Å². The van der Waals surface area contributed by atoms with Crippen LogP contribution in [0.25, 0.3) is 16.1 Å². The van der Waals surface area contributed by atoms with Crippen LogP contribution in [-0.4, -0.2) is 14.6 Å². The van der Waals surface area contributed by atoms with Crippen LogP contribution in [0.15, 0.2) is 17.5 Å². The van der Waals surface area contributed by atoms with E-state index >= 15 is 0 Å². The zero-order valence-corrected chi connectivity index (χ0v) is 12.1. The molecule has 19 heavy (non-hydrogen) atoms. The Morgan fingerprint density at radius 1 is 1.37 bits per heavy atom. The van der Waals surface area contributed by atoms with Gasteiger partial charge in [0.15, 0.2) is 5.65 Å². The quantitative estimate of drug-likeness (QED) is 0.636. The molecule has 0 unspecified atom stereocenters. The minimum absolute atomic E-state index is 0.739. The lowest BCUT2D eigenvalue weighted by atomic mass is 10.2. The van der Waals surface area contributed by atoms with Crippen LogP contribution in [0.4, 0.5) is 0 Å². The van der Waals surface area contributed by atoms with Gasteiger partial charge in [0.05, 0.1) is 11.3 Å². The SMILES string of the molecule is Cc1nn2c(Cl)c3c(nc2c1-c1cccs1)CCC3. The van der Waals surface area contributed by atoms with Crippen LogP contribution in [-0.2, 0) is 12.8 Å². The Balaban J connectivity index is 2.10. The molecular weight excluding hydrogens is 278 g/mol. The normalized spacial score (nSPS) is 14.2. The van der Waals surface area contributed by atoms with Crippen molar-refractivity contribution in [1.29, 1.82) is 0 Å². The highest BCUT2D eigenvalue weighted by atomic mass is 35.5. The fourth-order valence-corrected chi connectivity index (χ4v) is 3.93. The molecule has 96 valence electrons. The Bertz CT molecular complexity index is 774. The van der Waals surface area contributed by atoms with Crippen LogP contribution in [0.2, 0.25) is 5.15 Å². The summed E-state index contributed by atoms with van der Waals surface area (Å²) < 4.78 is 1.80. The van der Waals surface area contributed by atoms with Crippen molar-refractivity contribution in [3.63, 3.8) is 0 Å². The lowest BCUT2D eigenvalue weighted by molar-refractivity contribution is 0.896. The molecule has 0 fully saturated rings. The van der Waals surface area contributed by atoms with E-state index in [4.69, 9.17) is 16.6 Å². The Morgan fingerprint density at radius 2 is 2.26 bits per heavy atom. The predicted molar refractivity (Wildman–Crippen MR) is 78.1 cm³/mol. The van der Waals surface area contributed by atoms with E-state index in [-0.39, 0.29) is 0 Å². The Hall–Kier alpha value is -1.39. The van der Waals surface area contributed by atoms with Gasteiger partial charge in [-0.2, -0.15) is 5.10 Å². The average Bonchev–Trinajstić information content (AvgIpc) is 3.07. The van der Waals surface area contributed by atoms with Crippen molar-refractivity contribution in [1.82, 2.24) is 14.6 Å². The summed E-state index contributed by atoms with van der Waals surface area (Å²) in [7, 11) is 0. The second-order valence-electron chi connectivity index (χ2n) is 4.85. The third-order valence-electron chi connectivity index (χ3n) is 3.67. The molecule has 3 heterocycles. The van der Waals surface area contributed by atoms with E-state index in [2.05, 4.69) is 22.6 Å². The van der Waals surface area contributed by atoms with Gasteiger partial charge in [-0.1, -0.05) is 17.7 Å². The number of fused-ring (bicyclic) bond motifs is 2. The lowest BCUT2D eigenvalue weighted by Gasteiger charge is -2.04. The van der Waals surface area contributed by atoms with Crippen molar-refractivity contribution < 1.29 is 0 Å². The molecule has 5 heteroatoms. The fraction of sp³-hybridized carbons (Fsp3) is 0.286. The van der Waals surface area contributed by atoms with E-state index in [9.17, 15) is 0 Å². The van der Waals surface area contributed by atoms with Gasteiger partial charge in [0.1, 0.15) is 5.15 Å². The minimum Gasteiger partial charge on any atom is -0.233 e. The van der Waals surface area contributed by atoms with Crippen molar-refractivity contribution in [2.45, 2.75) is 26.2 Å². The topological polar surface area (TPSA) is 30.2 Å². The Labute approximate surface area is 119 Å². The second-order valence-corrected chi connectivity index (χ2v) is 6.16. The first-order valence-electron chi connectivity index (χ1n) is 6.36. The van der Waals surface area contributed by atoms with Gasteiger partial charge in [0.25, 0.3) is 0 Å². The van der Waals surface area contributed by atoms with Crippen molar-refractivity contribution in [2.75, 3.05) is 0 Å². The van der Waals surface area contributed by atoms with Crippen molar-refractivity contribution in [3.8, 4) is 10.4 Å². The summed E-state index contributed by atoms with van der Waals surface area (Å²) in [6.07, 6.45) is 3.19. The number of nitrogens with zero attached hydrogens (tertiary/aromatic N) is 3. The standard InChI is InChI=1S/C14H12ClN3S/c1-8-12(11-6-3-7-19-11)14-16-10-5-2-4-9(10)13(15)18(14)17-8/h3,6-7H,2,4-5H2,1H3. The average molecular weight is 290 g/mol. The van der Waals surface area contributed by atoms with E-state index in [1.165, 1.54) is 10.4 Å². The van der Waals surface area contributed by atoms with Crippen LogP contribution in [0.5, 0.6) is 0 Å². The van der Waals surface area contributed by atoms with Gasteiger partial charge in [0.2, 0.25) is 0 Å². The zero-order chi connectivity index (χ0) is 13.0. The van der Waals surface area contributed by atoms with E-state index in [0.29, 0.717) is 0 Å². The molecule has 0 saturated heterocycles. The number of hydrogen-bond donors (Lipinski definition) is 0. The predicted octanol–water partition coefficient (Wildman–Crippen LogP) is 3.91. The highest BCUT2D eigenvalue weighted by Gasteiger charge is 2.23. The monoisotopic (exact) mass is 289 g/mol. The second kappa shape index (κ2) is 4.05. The maximum atomic E-state index is 6.50. The molecule has 0 spiro atoms. The fourth-order valence-electron chi connectivity index (χ4n) is 2.79. The summed E-state index contributed by atoms with van der Waals surface area (Å²) in [5.74, 6) is 0. The van der Waals surface area contributed by atoms with E-state index < -0.39 is 0 Å². The number of aryl methyl sites for hydroxylation is 2. The summed E-state index contributed by atoms with van der Waals surface area (Å²) in [6, 6.07) is 4.16. The largest absolute Gasteiger partial charge is 0.233 e. The summed E-state index contributed by atoms with van der Waals surface area (Å²) in [6.45, 7) is 2.02. The summed E-state index contributed by atoms with van der Waals surface area (Å²) in [5, 5.41) is 7.39. The van der Waals surface area contributed by atoms with Crippen LogP contribution in [0.1, 0.15) is 23.4 Å².